The summed E-state index contributed by atoms with van der Waals surface area (Å²) < 4.78 is 18.7. The van der Waals surface area contributed by atoms with E-state index in [0.717, 1.165) is 43.4 Å². The zero-order chi connectivity index (χ0) is 18.0. The molecule has 1 aromatic rings. The summed E-state index contributed by atoms with van der Waals surface area (Å²) in [6.45, 7) is 5.09. The van der Waals surface area contributed by atoms with Gasteiger partial charge in [-0.2, -0.15) is 0 Å². The fourth-order valence-electron chi connectivity index (χ4n) is 3.90. The predicted octanol–water partition coefficient (Wildman–Crippen LogP) is 2.21. The molecule has 1 atom stereocenters. The number of nitrogens with one attached hydrogen (secondary N) is 1. The van der Waals surface area contributed by atoms with E-state index in [9.17, 15) is 4.79 Å². The minimum atomic E-state index is -0.369. The molecule has 0 aromatic heterocycles. The summed E-state index contributed by atoms with van der Waals surface area (Å²) in [4.78, 5) is 15.1. The molecule has 1 unspecified atom stereocenters. The average molecular weight is 425 g/mol. The Labute approximate surface area is 162 Å². The van der Waals surface area contributed by atoms with Gasteiger partial charge in [0.15, 0.2) is 0 Å². The van der Waals surface area contributed by atoms with Crippen LogP contribution in [0.25, 0.3) is 0 Å². The summed E-state index contributed by atoms with van der Waals surface area (Å²) in [6, 6.07) is 5.66. The van der Waals surface area contributed by atoms with Crippen LogP contribution in [0.4, 0.5) is 0 Å². The fraction of sp³-hybridized carbons (Fsp3) is 0.632. The Morgan fingerprint density at radius 1 is 1.27 bits per heavy atom. The SMILES string of the molecule is O=C1c2ccc(Br)cc2OC2(CCOCC2)CN1CCC1CNCCO1. The van der Waals surface area contributed by atoms with Gasteiger partial charge in [0, 0.05) is 36.9 Å². The van der Waals surface area contributed by atoms with Crippen LogP contribution in [0.1, 0.15) is 29.6 Å². The van der Waals surface area contributed by atoms with Gasteiger partial charge in [0.1, 0.15) is 11.4 Å². The zero-order valence-electron chi connectivity index (χ0n) is 14.8. The third kappa shape index (κ3) is 3.91. The van der Waals surface area contributed by atoms with E-state index in [1.54, 1.807) is 0 Å². The first kappa shape index (κ1) is 18.2. The summed E-state index contributed by atoms with van der Waals surface area (Å²) in [7, 11) is 0. The van der Waals surface area contributed by atoms with Crippen LogP contribution in [0.3, 0.4) is 0 Å². The van der Waals surface area contributed by atoms with Gasteiger partial charge in [-0.3, -0.25) is 4.79 Å². The van der Waals surface area contributed by atoms with Gasteiger partial charge in [-0.1, -0.05) is 15.9 Å². The molecule has 6 nitrogen and oxygen atoms in total. The number of carbonyl (C=O) groups excluding carboxylic acids is 1. The molecule has 3 aliphatic heterocycles. The molecular formula is C19H25BrN2O4. The number of halogens is 1. The van der Waals surface area contributed by atoms with Crippen molar-refractivity contribution >= 4 is 21.8 Å². The van der Waals surface area contributed by atoms with E-state index in [-0.39, 0.29) is 17.6 Å². The molecule has 0 radical (unpaired) electrons. The van der Waals surface area contributed by atoms with Crippen LogP contribution in [0.15, 0.2) is 22.7 Å². The van der Waals surface area contributed by atoms with Gasteiger partial charge in [-0.15, -0.1) is 0 Å². The van der Waals surface area contributed by atoms with Gasteiger partial charge in [0.25, 0.3) is 5.91 Å². The van der Waals surface area contributed by atoms with E-state index < -0.39 is 0 Å². The quantitative estimate of drug-likeness (QED) is 0.805. The Morgan fingerprint density at radius 3 is 2.88 bits per heavy atom. The molecule has 1 aromatic carbocycles. The van der Waals surface area contributed by atoms with Crippen molar-refractivity contribution in [3.8, 4) is 5.75 Å². The van der Waals surface area contributed by atoms with Crippen LogP contribution in [0.5, 0.6) is 5.75 Å². The number of benzene rings is 1. The molecule has 1 spiro atoms. The molecular weight excluding hydrogens is 400 g/mol. The van der Waals surface area contributed by atoms with E-state index in [1.165, 1.54) is 0 Å². The number of fused-ring (bicyclic) bond motifs is 1. The number of rotatable bonds is 3. The fourth-order valence-corrected chi connectivity index (χ4v) is 4.24. The van der Waals surface area contributed by atoms with Gasteiger partial charge >= 0.3 is 0 Å². The van der Waals surface area contributed by atoms with Crippen LogP contribution in [0.2, 0.25) is 0 Å². The lowest BCUT2D eigenvalue weighted by molar-refractivity contribution is -0.0573. The second-order valence-corrected chi connectivity index (χ2v) is 8.17. The van der Waals surface area contributed by atoms with Gasteiger partial charge < -0.3 is 24.4 Å². The Balaban J connectivity index is 1.57. The molecule has 7 heteroatoms. The Hall–Kier alpha value is -1.15. The number of morpholine rings is 1. The maximum Gasteiger partial charge on any atom is 0.257 e. The molecule has 26 heavy (non-hydrogen) atoms. The van der Waals surface area contributed by atoms with Gasteiger partial charge in [0.2, 0.25) is 0 Å². The van der Waals surface area contributed by atoms with Gasteiger partial charge in [0.05, 0.1) is 38.0 Å². The Bertz CT molecular complexity index is 657. The lowest BCUT2D eigenvalue weighted by atomic mass is 9.93. The molecule has 0 bridgehead atoms. The first-order valence-corrected chi connectivity index (χ1v) is 10.1. The third-order valence-corrected chi connectivity index (χ3v) is 5.89. The van der Waals surface area contributed by atoms with E-state index >= 15 is 0 Å². The Morgan fingerprint density at radius 2 is 2.12 bits per heavy atom. The van der Waals surface area contributed by atoms with Gasteiger partial charge in [-0.25, -0.2) is 0 Å². The number of amides is 1. The first-order valence-electron chi connectivity index (χ1n) is 9.33. The van der Waals surface area contributed by atoms with Crippen LogP contribution in [-0.2, 0) is 9.47 Å². The van der Waals surface area contributed by atoms with Crippen molar-refractivity contribution in [1.29, 1.82) is 0 Å². The van der Waals surface area contributed by atoms with Crippen molar-refractivity contribution in [1.82, 2.24) is 10.2 Å². The summed E-state index contributed by atoms with van der Waals surface area (Å²) in [6.07, 6.45) is 2.58. The zero-order valence-corrected chi connectivity index (χ0v) is 16.4. The monoisotopic (exact) mass is 424 g/mol. The maximum absolute atomic E-state index is 13.2. The second-order valence-electron chi connectivity index (χ2n) is 7.25. The highest BCUT2D eigenvalue weighted by atomic mass is 79.9. The first-order chi connectivity index (χ1) is 12.7. The predicted molar refractivity (Wildman–Crippen MR) is 101 cm³/mol. The number of carbonyl (C=O) groups is 1. The highest BCUT2D eigenvalue weighted by molar-refractivity contribution is 9.10. The van der Waals surface area contributed by atoms with Crippen molar-refractivity contribution in [2.24, 2.45) is 0 Å². The number of ether oxygens (including phenoxy) is 3. The number of nitrogens with zero attached hydrogens (tertiary/aromatic N) is 1. The summed E-state index contributed by atoms with van der Waals surface area (Å²) in [5.74, 6) is 0.712. The third-order valence-electron chi connectivity index (χ3n) is 5.40. The summed E-state index contributed by atoms with van der Waals surface area (Å²) >= 11 is 3.49. The Kier molecular flexibility index (Phi) is 5.50. The largest absolute Gasteiger partial charge is 0.484 e. The molecule has 1 amide bonds. The van der Waals surface area contributed by atoms with Crippen LogP contribution in [-0.4, -0.2) is 68.5 Å². The van der Waals surface area contributed by atoms with E-state index in [1.807, 2.05) is 23.1 Å². The molecule has 142 valence electrons. The smallest absolute Gasteiger partial charge is 0.257 e. The summed E-state index contributed by atoms with van der Waals surface area (Å²) in [5, 5.41) is 3.35. The van der Waals surface area contributed by atoms with E-state index in [2.05, 4.69) is 21.2 Å². The minimum absolute atomic E-state index is 0.0413. The lowest BCUT2D eigenvalue weighted by Gasteiger charge is -2.39. The molecule has 3 aliphatic rings. The van der Waals surface area contributed by atoms with Crippen molar-refractivity contribution in [2.75, 3.05) is 46.0 Å². The molecule has 1 N–H and O–H groups in total. The van der Waals surface area contributed by atoms with E-state index in [4.69, 9.17) is 14.2 Å². The lowest BCUT2D eigenvalue weighted by Crippen LogP contribution is -2.51. The number of hydrogen-bond acceptors (Lipinski definition) is 5. The molecule has 4 rings (SSSR count). The van der Waals surface area contributed by atoms with Crippen LogP contribution >= 0.6 is 15.9 Å². The molecule has 0 aliphatic carbocycles. The average Bonchev–Trinajstić information content (AvgIpc) is 2.76. The van der Waals surface area contributed by atoms with Crippen LogP contribution < -0.4 is 10.1 Å². The molecule has 3 heterocycles. The number of hydrogen-bond donors (Lipinski definition) is 1. The maximum atomic E-state index is 13.2. The van der Waals surface area contributed by atoms with Gasteiger partial charge in [-0.05, 0) is 24.6 Å². The topological polar surface area (TPSA) is 60.0 Å². The molecule has 2 saturated heterocycles. The van der Waals surface area contributed by atoms with Crippen LogP contribution in [0, 0.1) is 0 Å². The van der Waals surface area contributed by atoms with Crippen molar-refractivity contribution in [3.63, 3.8) is 0 Å². The highest BCUT2D eigenvalue weighted by Gasteiger charge is 2.42. The normalized spacial score (nSPS) is 25.5. The minimum Gasteiger partial charge on any atom is -0.484 e. The van der Waals surface area contributed by atoms with Crippen molar-refractivity contribution in [2.45, 2.75) is 31.0 Å². The highest BCUT2D eigenvalue weighted by Crippen LogP contribution is 2.36. The standard InChI is InChI=1S/C19H25BrN2O4/c20-14-1-2-16-17(11-14)26-19(4-8-24-9-5-19)13-22(18(16)23)7-3-15-12-21-6-10-25-15/h1-2,11,15,21H,3-10,12-13H2. The van der Waals surface area contributed by atoms with Crippen molar-refractivity contribution < 1.29 is 19.0 Å². The molecule has 0 saturated carbocycles. The van der Waals surface area contributed by atoms with E-state index in [0.29, 0.717) is 37.6 Å². The second kappa shape index (κ2) is 7.84. The van der Waals surface area contributed by atoms with Crippen molar-refractivity contribution in [3.05, 3.63) is 28.2 Å². The molecule has 2 fully saturated rings. The summed E-state index contributed by atoms with van der Waals surface area (Å²) in [5.41, 5.74) is 0.269.